The number of hydrogen-bond donors (Lipinski definition) is 2. The van der Waals surface area contributed by atoms with Crippen LogP contribution in [0.4, 0.5) is 0 Å². The van der Waals surface area contributed by atoms with Crippen LogP contribution in [0.25, 0.3) is 0 Å². The molecule has 0 saturated heterocycles. The topological polar surface area (TPSA) is 51.2 Å². The molecule has 1 unspecified atom stereocenters. The van der Waals surface area contributed by atoms with E-state index >= 15 is 0 Å². The summed E-state index contributed by atoms with van der Waals surface area (Å²) in [4.78, 5) is 0. The van der Waals surface area contributed by atoms with Gasteiger partial charge in [0.25, 0.3) is 0 Å². The Hall–Kier alpha value is -0.580. The van der Waals surface area contributed by atoms with E-state index in [-0.39, 0.29) is 6.04 Å². The van der Waals surface area contributed by atoms with Crippen LogP contribution in [0.5, 0.6) is 0 Å². The summed E-state index contributed by atoms with van der Waals surface area (Å²) in [7, 11) is 0. The number of nitrogens with one attached hydrogen (secondary N) is 1. The molecular formula is C9H13BrN2O. The summed E-state index contributed by atoms with van der Waals surface area (Å²) in [5.74, 6) is 0.844. The number of hydrogen-bond acceptors (Lipinski definition) is 3. The second kappa shape index (κ2) is 5.21. The van der Waals surface area contributed by atoms with Gasteiger partial charge >= 0.3 is 0 Å². The maximum Gasteiger partial charge on any atom is 0.169 e. The predicted molar refractivity (Wildman–Crippen MR) is 56.4 cm³/mol. The van der Waals surface area contributed by atoms with Crippen LogP contribution in [0.1, 0.15) is 11.8 Å². The summed E-state index contributed by atoms with van der Waals surface area (Å²) in [5, 5.41) is 3.19. The maximum atomic E-state index is 5.58. The van der Waals surface area contributed by atoms with Gasteiger partial charge in [0, 0.05) is 13.1 Å². The van der Waals surface area contributed by atoms with Crippen molar-refractivity contribution in [3.63, 3.8) is 0 Å². The van der Waals surface area contributed by atoms with E-state index in [1.54, 1.807) is 6.08 Å². The molecule has 13 heavy (non-hydrogen) atoms. The molecule has 3 nitrogen and oxygen atoms in total. The first kappa shape index (κ1) is 10.5. The molecule has 0 aromatic carbocycles. The SMILES string of the molecule is C=CCNC(CN)c1ccc(Br)o1. The molecule has 0 bridgehead atoms. The molecule has 1 aromatic rings. The minimum Gasteiger partial charge on any atom is -0.453 e. The van der Waals surface area contributed by atoms with Crippen LogP contribution in [0.2, 0.25) is 0 Å². The van der Waals surface area contributed by atoms with Crippen molar-refractivity contribution in [1.29, 1.82) is 0 Å². The molecule has 72 valence electrons. The highest BCUT2D eigenvalue weighted by Crippen LogP contribution is 2.19. The van der Waals surface area contributed by atoms with Gasteiger partial charge in [-0.1, -0.05) is 6.08 Å². The summed E-state index contributed by atoms with van der Waals surface area (Å²) in [6.45, 7) is 4.85. The molecule has 4 heteroatoms. The Bertz CT molecular complexity index is 272. The highest BCUT2D eigenvalue weighted by molar-refractivity contribution is 9.10. The fourth-order valence-corrected chi connectivity index (χ4v) is 1.36. The first-order chi connectivity index (χ1) is 6.27. The number of rotatable bonds is 5. The summed E-state index contributed by atoms with van der Waals surface area (Å²) in [6, 6.07) is 3.81. The van der Waals surface area contributed by atoms with E-state index in [9.17, 15) is 0 Å². The van der Waals surface area contributed by atoms with Crippen LogP contribution in [0.15, 0.2) is 33.9 Å². The highest BCUT2D eigenvalue weighted by atomic mass is 79.9. The molecule has 0 aliphatic heterocycles. The van der Waals surface area contributed by atoms with Gasteiger partial charge in [-0.05, 0) is 28.1 Å². The number of nitrogens with two attached hydrogens (primary N) is 1. The Morgan fingerprint density at radius 3 is 2.92 bits per heavy atom. The highest BCUT2D eigenvalue weighted by Gasteiger charge is 2.11. The second-order valence-electron chi connectivity index (χ2n) is 2.63. The molecule has 3 N–H and O–H groups in total. The van der Waals surface area contributed by atoms with Gasteiger partial charge in [0.05, 0.1) is 6.04 Å². The van der Waals surface area contributed by atoms with Crippen molar-refractivity contribution >= 4 is 15.9 Å². The molecule has 0 aliphatic carbocycles. The van der Waals surface area contributed by atoms with Crippen molar-refractivity contribution in [2.75, 3.05) is 13.1 Å². The van der Waals surface area contributed by atoms with Crippen LogP contribution in [0, 0.1) is 0 Å². The molecule has 1 rings (SSSR count). The zero-order valence-corrected chi connectivity index (χ0v) is 8.88. The van der Waals surface area contributed by atoms with Crippen molar-refractivity contribution in [3.8, 4) is 0 Å². The normalized spacial score (nSPS) is 12.8. The molecule has 1 aromatic heterocycles. The minimum atomic E-state index is 0.0595. The van der Waals surface area contributed by atoms with E-state index in [1.807, 2.05) is 12.1 Å². The second-order valence-corrected chi connectivity index (χ2v) is 3.41. The average Bonchev–Trinajstić information content (AvgIpc) is 2.54. The van der Waals surface area contributed by atoms with Gasteiger partial charge in [-0.25, -0.2) is 0 Å². The van der Waals surface area contributed by atoms with Crippen LogP contribution in [-0.4, -0.2) is 13.1 Å². The predicted octanol–water partition coefficient (Wildman–Crippen LogP) is 1.82. The smallest absolute Gasteiger partial charge is 0.169 e. The molecule has 0 radical (unpaired) electrons. The molecule has 1 atom stereocenters. The van der Waals surface area contributed by atoms with Crippen molar-refractivity contribution in [2.24, 2.45) is 5.73 Å². The Morgan fingerprint density at radius 1 is 1.69 bits per heavy atom. The number of furan rings is 1. The summed E-state index contributed by atoms with van der Waals surface area (Å²) in [6.07, 6.45) is 1.79. The minimum absolute atomic E-state index is 0.0595. The Labute approximate surface area is 86.1 Å². The monoisotopic (exact) mass is 244 g/mol. The van der Waals surface area contributed by atoms with E-state index in [2.05, 4.69) is 27.8 Å². The fourth-order valence-electron chi connectivity index (χ4n) is 1.04. The largest absolute Gasteiger partial charge is 0.453 e. The Morgan fingerprint density at radius 2 is 2.46 bits per heavy atom. The zero-order valence-electron chi connectivity index (χ0n) is 7.29. The van der Waals surface area contributed by atoms with Gasteiger partial charge in [0.2, 0.25) is 0 Å². The molecular weight excluding hydrogens is 232 g/mol. The van der Waals surface area contributed by atoms with Crippen molar-refractivity contribution < 1.29 is 4.42 Å². The van der Waals surface area contributed by atoms with Crippen LogP contribution in [0.3, 0.4) is 0 Å². The van der Waals surface area contributed by atoms with Gasteiger partial charge < -0.3 is 15.5 Å². The maximum absolute atomic E-state index is 5.58. The molecule has 0 saturated carbocycles. The van der Waals surface area contributed by atoms with E-state index in [0.29, 0.717) is 6.54 Å². The van der Waals surface area contributed by atoms with E-state index in [0.717, 1.165) is 17.0 Å². The Kier molecular flexibility index (Phi) is 4.21. The lowest BCUT2D eigenvalue weighted by Gasteiger charge is -2.12. The molecule has 0 aliphatic rings. The van der Waals surface area contributed by atoms with Gasteiger partial charge in [0.1, 0.15) is 5.76 Å². The van der Waals surface area contributed by atoms with Crippen LogP contribution >= 0.6 is 15.9 Å². The summed E-state index contributed by atoms with van der Waals surface area (Å²) < 4.78 is 6.10. The van der Waals surface area contributed by atoms with E-state index in [4.69, 9.17) is 10.2 Å². The van der Waals surface area contributed by atoms with Crippen molar-refractivity contribution in [2.45, 2.75) is 6.04 Å². The zero-order chi connectivity index (χ0) is 9.68. The summed E-state index contributed by atoms with van der Waals surface area (Å²) >= 11 is 3.24. The average molecular weight is 245 g/mol. The van der Waals surface area contributed by atoms with Crippen molar-refractivity contribution in [1.82, 2.24) is 5.32 Å². The lowest BCUT2D eigenvalue weighted by atomic mass is 10.2. The van der Waals surface area contributed by atoms with Gasteiger partial charge in [-0.15, -0.1) is 6.58 Å². The van der Waals surface area contributed by atoms with Gasteiger partial charge in [0.15, 0.2) is 4.67 Å². The Balaban J connectivity index is 2.60. The van der Waals surface area contributed by atoms with Crippen LogP contribution in [-0.2, 0) is 0 Å². The first-order valence-corrected chi connectivity index (χ1v) is 4.86. The van der Waals surface area contributed by atoms with E-state index in [1.165, 1.54) is 0 Å². The molecule has 1 heterocycles. The van der Waals surface area contributed by atoms with E-state index < -0.39 is 0 Å². The molecule has 0 fully saturated rings. The molecule has 0 amide bonds. The first-order valence-electron chi connectivity index (χ1n) is 4.07. The lowest BCUT2D eigenvalue weighted by molar-refractivity contribution is 0.415. The van der Waals surface area contributed by atoms with Crippen molar-refractivity contribution in [3.05, 3.63) is 35.2 Å². The third-order valence-corrected chi connectivity index (χ3v) is 2.11. The molecule has 0 spiro atoms. The fraction of sp³-hybridized carbons (Fsp3) is 0.333. The van der Waals surface area contributed by atoms with Gasteiger partial charge in [-0.2, -0.15) is 0 Å². The van der Waals surface area contributed by atoms with Crippen LogP contribution < -0.4 is 11.1 Å². The lowest BCUT2D eigenvalue weighted by Crippen LogP contribution is -2.27. The van der Waals surface area contributed by atoms with Gasteiger partial charge in [-0.3, -0.25) is 0 Å². The standard InChI is InChI=1S/C9H13BrN2O/c1-2-5-12-7(6-11)8-3-4-9(10)13-8/h2-4,7,12H,1,5-6,11H2. The number of halogens is 1. The quantitative estimate of drug-likeness (QED) is 0.778. The third-order valence-electron chi connectivity index (χ3n) is 1.68. The third kappa shape index (κ3) is 2.99. The summed E-state index contributed by atoms with van der Waals surface area (Å²) in [5.41, 5.74) is 5.58.